The highest BCUT2D eigenvalue weighted by molar-refractivity contribution is 5.61. The third-order valence-electron chi connectivity index (χ3n) is 2.59. The topological polar surface area (TPSA) is 78.4 Å². The maximum Gasteiger partial charge on any atom is 0.416 e. The Morgan fingerprint density at radius 2 is 1.76 bits per heavy atom. The molecular formula is C13H9F3N2O3. The largest absolute Gasteiger partial charge is 0.457 e. The fraction of sp³-hybridized carbons (Fsp3) is 0.0769. The van der Waals surface area contributed by atoms with Gasteiger partial charge in [0.1, 0.15) is 17.2 Å². The molecule has 0 saturated heterocycles. The number of nitrogens with zero attached hydrogens (tertiary/aromatic N) is 1. The van der Waals surface area contributed by atoms with E-state index in [2.05, 4.69) is 0 Å². The number of ether oxygens (including phenoxy) is 1. The van der Waals surface area contributed by atoms with Crippen molar-refractivity contribution in [3.05, 3.63) is 58.1 Å². The first-order valence-corrected chi connectivity index (χ1v) is 5.66. The number of nitrogens with two attached hydrogens (primary N) is 1. The maximum atomic E-state index is 12.6. The lowest BCUT2D eigenvalue weighted by molar-refractivity contribution is -0.383. The van der Waals surface area contributed by atoms with E-state index in [1.54, 1.807) is 0 Å². The monoisotopic (exact) mass is 298 g/mol. The van der Waals surface area contributed by atoms with Crippen molar-refractivity contribution in [1.82, 2.24) is 0 Å². The fourth-order valence-corrected chi connectivity index (χ4v) is 1.63. The molecule has 0 aliphatic heterocycles. The lowest BCUT2D eigenvalue weighted by atomic mass is 10.2. The van der Waals surface area contributed by atoms with Crippen molar-refractivity contribution in [2.45, 2.75) is 6.18 Å². The molecule has 0 aromatic heterocycles. The van der Waals surface area contributed by atoms with Crippen molar-refractivity contribution in [1.29, 1.82) is 0 Å². The van der Waals surface area contributed by atoms with E-state index in [1.165, 1.54) is 24.3 Å². The fourth-order valence-electron chi connectivity index (χ4n) is 1.63. The number of benzene rings is 2. The molecule has 0 radical (unpaired) electrons. The summed E-state index contributed by atoms with van der Waals surface area (Å²) in [5, 5.41) is 10.6. The molecule has 2 rings (SSSR count). The Kier molecular flexibility index (Phi) is 3.70. The van der Waals surface area contributed by atoms with Crippen molar-refractivity contribution in [3.63, 3.8) is 0 Å². The van der Waals surface area contributed by atoms with E-state index in [4.69, 9.17) is 10.5 Å². The van der Waals surface area contributed by atoms with Gasteiger partial charge in [0.05, 0.1) is 10.5 Å². The summed E-state index contributed by atoms with van der Waals surface area (Å²) in [6, 6.07) is 7.85. The summed E-state index contributed by atoms with van der Waals surface area (Å²) in [4.78, 5) is 9.94. The predicted octanol–water partition coefficient (Wildman–Crippen LogP) is 3.99. The molecule has 0 amide bonds. The van der Waals surface area contributed by atoms with Crippen LogP contribution in [-0.2, 0) is 6.18 Å². The Morgan fingerprint density at radius 3 is 2.33 bits per heavy atom. The molecule has 2 aromatic rings. The highest BCUT2D eigenvalue weighted by Gasteiger charge is 2.30. The standard InChI is InChI=1S/C13H9F3N2O3/c14-13(15,16)8-2-1-3-9(6-8)21-10-4-5-12(18(19)20)11(17)7-10/h1-7H,17H2. The van der Waals surface area contributed by atoms with Crippen LogP contribution < -0.4 is 10.5 Å². The zero-order valence-corrected chi connectivity index (χ0v) is 10.4. The van der Waals surface area contributed by atoms with Gasteiger partial charge in [-0.15, -0.1) is 0 Å². The number of hydrogen-bond acceptors (Lipinski definition) is 4. The summed E-state index contributed by atoms with van der Waals surface area (Å²) in [6.07, 6.45) is -4.48. The zero-order chi connectivity index (χ0) is 15.6. The minimum absolute atomic E-state index is 0.0434. The van der Waals surface area contributed by atoms with Gasteiger partial charge in [0.2, 0.25) is 0 Å². The predicted molar refractivity (Wildman–Crippen MR) is 69.0 cm³/mol. The lowest BCUT2D eigenvalue weighted by Gasteiger charge is -2.10. The van der Waals surface area contributed by atoms with Gasteiger partial charge in [-0.3, -0.25) is 10.1 Å². The Bertz CT molecular complexity index is 687. The summed E-state index contributed by atoms with van der Waals surface area (Å²) in [6.45, 7) is 0. The summed E-state index contributed by atoms with van der Waals surface area (Å²) >= 11 is 0. The van der Waals surface area contributed by atoms with Gasteiger partial charge < -0.3 is 10.5 Å². The van der Waals surface area contributed by atoms with Crippen molar-refractivity contribution in [2.75, 3.05) is 5.73 Å². The highest BCUT2D eigenvalue weighted by atomic mass is 19.4. The van der Waals surface area contributed by atoms with Crippen LogP contribution in [0.3, 0.4) is 0 Å². The lowest BCUT2D eigenvalue weighted by Crippen LogP contribution is -2.04. The van der Waals surface area contributed by atoms with Gasteiger partial charge in [0, 0.05) is 12.1 Å². The average Bonchev–Trinajstić information content (AvgIpc) is 2.37. The summed E-state index contributed by atoms with van der Waals surface area (Å²) < 4.78 is 42.9. The second-order valence-corrected chi connectivity index (χ2v) is 4.11. The minimum Gasteiger partial charge on any atom is -0.457 e. The van der Waals surface area contributed by atoms with Crippen LogP contribution in [0.5, 0.6) is 11.5 Å². The SMILES string of the molecule is Nc1cc(Oc2cccc(C(F)(F)F)c2)ccc1[N+](=O)[O-]. The van der Waals surface area contributed by atoms with Crippen molar-refractivity contribution >= 4 is 11.4 Å². The number of nitro benzene ring substituents is 1. The van der Waals surface area contributed by atoms with E-state index in [0.717, 1.165) is 18.2 Å². The number of rotatable bonds is 3. The molecule has 0 aliphatic rings. The molecule has 0 spiro atoms. The van der Waals surface area contributed by atoms with E-state index in [-0.39, 0.29) is 22.9 Å². The van der Waals surface area contributed by atoms with Gasteiger partial charge in [-0.05, 0) is 24.3 Å². The molecule has 0 bridgehead atoms. The maximum absolute atomic E-state index is 12.6. The van der Waals surface area contributed by atoms with Gasteiger partial charge >= 0.3 is 6.18 Å². The van der Waals surface area contributed by atoms with Crippen LogP contribution >= 0.6 is 0 Å². The minimum atomic E-state index is -4.48. The number of nitrogen functional groups attached to an aromatic ring is 1. The molecule has 0 unspecified atom stereocenters. The number of anilines is 1. The van der Waals surface area contributed by atoms with Crippen LogP contribution in [0.4, 0.5) is 24.5 Å². The van der Waals surface area contributed by atoms with Crippen LogP contribution in [0.2, 0.25) is 0 Å². The second-order valence-electron chi connectivity index (χ2n) is 4.11. The van der Waals surface area contributed by atoms with Crippen LogP contribution in [-0.4, -0.2) is 4.92 Å². The molecule has 5 nitrogen and oxygen atoms in total. The van der Waals surface area contributed by atoms with E-state index >= 15 is 0 Å². The summed E-state index contributed by atoms with van der Waals surface area (Å²) in [5.74, 6) is 0.0653. The highest BCUT2D eigenvalue weighted by Crippen LogP contribution is 2.34. The van der Waals surface area contributed by atoms with Crippen LogP contribution in [0.15, 0.2) is 42.5 Å². The van der Waals surface area contributed by atoms with Crippen molar-refractivity contribution < 1.29 is 22.8 Å². The van der Waals surface area contributed by atoms with Crippen LogP contribution in [0, 0.1) is 10.1 Å². The first kappa shape index (κ1) is 14.6. The van der Waals surface area contributed by atoms with Gasteiger partial charge in [-0.1, -0.05) is 6.07 Å². The number of halogens is 3. The summed E-state index contributed by atoms with van der Waals surface area (Å²) in [7, 11) is 0. The Morgan fingerprint density at radius 1 is 1.10 bits per heavy atom. The first-order valence-electron chi connectivity index (χ1n) is 5.66. The third-order valence-corrected chi connectivity index (χ3v) is 2.59. The van der Waals surface area contributed by atoms with Crippen molar-refractivity contribution in [3.8, 4) is 11.5 Å². The molecule has 0 heterocycles. The molecule has 110 valence electrons. The Hall–Kier alpha value is -2.77. The van der Waals surface area contributed by atoms with Gasteiger partial charge in [-0.25, -0.2) is 0 Å². The van der Waals surface area contributed by atoms with Crippen molar-refractivity contribution in [2.24, 2.45) is 0 Å². The Balaban J connectivity index is 2.27. The molecule has 0 aliphatic carbocycles. The van der Waals surface area contributed by atoms with E-state index in [9.17, 15) is 23.3 Å². The normalized spacial score (nSPS) is 11.2. The Labute approximate surface area is 116 Å². The van der Waals surface area contributed by atoms with E-state index < -0.39 is 16.7 Å². The molecule has 0 atom stereocenters. The number of hydrogen-bond donors (Lipinski definition) is 1. The van der Waals surface area contributed by atoms with Crippen LogP contribution in [0.25, 0.3) is 0 Å². The molecular weight excluding hydrogens is 289 g/mol. The summed E-state index contributed by atoms with van der Waals surface area (Å²) in [5.41, 5.74) is 4.19. The smallest absolute Gasteiger partial charge is 0.416 e. The average molecular weight is 298 g/mol. The van der Waals surface area contributed by atoms with Gasteiger partial charge in [-0.2, -0.15) is 13.2 Å². The second kappa shape index (κ2) is 5.31. The molecule has 0 fully saturated rings. The number of alkyl halides is 3. The molecule has 8 heteroatoms. The molecule has 0 saturated carbocycles. The zero-order valence-electron chi connectivity index (χ0n) is 10.4. The quantitative estimate of drug-likeness (QED) is 0.528. The first-order chi connectivity index (χ1) is 9.77. The van der Waals surface area contributed by atoms with Gasteiger partial charge in [0.15, 0.2) is 0 Å². The molecule has 21 heavy (non-hydrogen) atoms. The van der Waals surface area contributed by atoms with Gasteiger partial charge in [0.25, 0.3) is 5.69 Å². The van der Waals surface area contributed by atoms with Crippen LogP contribution in [0.1, 0.15) is 5.56 Å². The van der Waals surface area contributed by atoms with E-state index in [1.807, 2.05) is 0 Å². The van der Waals surface area contributed by atoms with E-state index in [0.29, 0.717) is 0 Å². The molecule has 2 N–H and O–H groups in total. The number of nitro groups is 1. The molecule has 2 aromatic carbocycles. The third kappa shape index (κ3) is 3.41.